The Kier molecular flexibility index (Phi) is 6.48. The van der Waals surface area contributed by atoms with E-state index in [2.05, 4.69) is 47.9 Å². The van der Waals surface area contributed by atoms with E-state index < -0.39 is 0 Å². The van der Waals surface area contributed by atoms with Crippen LogP contribution in [0.5, 0.6) is 0 Å². The Morgan fingerprint density at radius 2 is 2.00 bits per heavy atom. The molecule has 0 heterocycles. The van der Waals surface area contributed by atoms with Gasteiger partial charge in [-0.1, -0.05) is 41.5 Å². The van der Waals surface area contributed by atoms with Crippen molar-refractivity contribution >= 4 is 5.91 Å². The second kappa shape index (κ2) is 8.63. The molecule has 0 aromatic heterocycles. The minimum atomic E-state index is 0.0820. The van der Waals surface area contributed by atoms with Gasteiger partial charge in [-0.25, -0.2) is 0 Å². The summed E-state index contributed by atoms with van der Waals surface area (Å²) in [5.74, 6) is 0.0820. The standard InChI is InChI=1S/C18H26N2O/c1-15-7-9-17(10-8-15)13-19-14-18(21)20-12-11-16-5-3-2-4-6-16/h5,7-10,19H,2-4,6,11-14H2,1H3,(H,20,21). The molecule has 0 radical (unpaired) electrons. The molecule has 0 saturated carbocycles. The van der Waals surface area contributed by atoms with Crippen LogP contribution in [0.3, 0.4) is 0 Å². The van der Waals surface area contributed by atoms with Crippen molar-refractivity contribution in [3.05, 3.63) is 47.0 Å². The minimum absolute atomic E-state index is 0.0820. The van der Waals surface area contributed by atoms with Gasteiger partial charge in [-0.15, -0.1) is 0 Å². The van der Waals surface area contributed by atoms with Crippen molar-refractivity contribution in [3.63, 3.8) is 0 Å². The van der Waals surface area contributed by atoms with E-state index in [1.165, 1.54) is 42.4 Å². The van der Waals surface area contributed by atoms with Gasteiger partial charge in [0.2, 0.25) is 5.91 Å². The van der Waals surface area contributed by atoms with Gasteiger partial charge in [-0.2, -0.15) is 0 Å². The summed E-state index contributed by atoms with van der Waals surface area (Å²) >= 11 is 0. The summed E-state index contributed by atoms with van der Waals surface area (Å²) in [6.45, 7) is 3.95. The Morgan fingerprint density at radius 1 is 1.19 bits per heavy atom. The predicted molar refractivity (Wildman–Crippen MR) is 87.1 cm³/mol. The van der Waals surface area contributed by atoms with Crippen molar-refractivity contribution in [1.29, 1.82) is 0 Å². The second-order valence-corrected chi connectivity index (χ2v) is 5.80. The van der Waals surface area contributed by atoms with Crippen molar-refractivity contribution in [3.8, 4) is 0 Å². The van der Waals surface area contributed by atoms with E-state index in [1.54, 1.807) is 0 Å². The van der Waals surface area contributed by atoms with Crippen LogP contribution in [0.1, 0.15) is 43.2 Å². The quantitative estimate of drug-likeness (QED) is 0.756. The van der Waals surface area contributed by atoms with E-state index in [0.29, 0.717) is 6.54 Å². The molecule has 3 nitrogen and oxygen atoms in total. The highest BCUT2D eigenvalue weighted by atomic mass is 16.1. The molecule has 0 unspecified atom stereocenters. The van der Waals surface area contributed by atoms with E-state index >= 15 is 0 Å². The Labute approximate surface area is 127 Å². The summed E-state index contributed by atoms with van der Waals surface area (Å²) in [5.41, 5.74) is 3.98. The lowest BCUT2D eigenvalue weighted by Gasteiger charge is -2.13. The van der Waals surface area contributed by atoms with Crippen LogP contribution in [0.2, 0.25) is 0 Å². The van der Waals surface area contributed by atoms with Gasteiger partial charge in [-0.3, -0.25) is 4.79 Å². The first-order valence-electron chi connectivity index (χ1n) is 7.95. The number of aryl methyl sites for hydroxylation is 1. The molecule has 1 aliphatic carbocycles. The summed E-state index contributed by atoms with van der Waals surface area (Å²) in [6.07, 6.45) is 8.38. The van der Waals surface area contributed by atoms with Crippen LogP contribution in [0.4, 0.5) is 0 Å². The van der Waals surface area contributed by atoms with Crippen LogP contribution < -0.4 is 10.6 Å². The van der Waals surface area contributed by atoms with Gasteiger partial charge < -0.3 is 10.6 Å². The Bertz CT molecular complexity index is 476. The smallest absolute Gasteiger partial charge is 0.233 e. The van der Waals surface area contributed by atoms with Crippen LogP contribution in [-0.4, -0.2) is 19.0 Å². The third-order valence-corrected chi connectivity index (χ3v) is 3.89. The van der Waals surface area contributed by atoms with Crippen molar-refractivity contribution in [2.45, 2.75) is 45.6 Å². The summed E-state index contributed by atoms with van der Waals surface area (Å²) in [7, 11) is 0. The average molecular weight is 286 g/mol. The number of hydrogen-bond donors (Lipinski definition) is 2. The van der Waals surface area contributed by atoms with Gasteiger partial charge >= 0.3 is 0 Å². The molecule has 21 heavy (non-hydrogen) atoms. The number of carbonyl (C=O) groups is 1. The third-order valence-electron chi connectivity index (χ3n) is 3.89. The zero-order valence-electron chi connectivity index (χ0n) is 13.0. The number of nitrogens with one attached hydrogen (secondary N) is 2. The number of hydrogen-bond acceptors (Lipinski definition) is 2. The van der Waals surface area contributed by atoms with Gasteiger partial charge in [0.05, 0.1) is 6.54 Å². The molecule has 1 aliphatic rings. The zero-order chi connectivity index (χ0) is 14.9. The molecule has 0 aliphatic heterocycles. The number of allylic oxidation sites excluding steroid dienone is 1. The molecule has 0 bridgehead atoms. The van der Waals surface area contributed by atoms with Crippen molar-refractivity contribution in [2.24, 2.45) is 0 Å². The largest absolute Gasteiger partial charge is 0.355 e. The number of carbonyl (C=O) groups excluding carboxylic acids is 1. The van der Waals surface area contributed by atoms with E-state index in [-0.39, 0.29) is 5.91 Å². The van der Waals surface area contributed by atoms with Crippen LogP contribution in [-0.2, 0) is 11.3 Å². The van der Waals surface area contributed by atoms with Crippen molar-refractivity contribution in [1.82, 2.24) is 10.6 Å². The molecule has 1 aromatic rings. The van der Waals surface area contributed by atoms with Crippen molar-refractivity contribution < 1.29 is 4.79 Å². The molecule has 3 heteroatoms. The maximum absolute atomic E-state index is 11.7. The lowest BCUT2D eigenvalue weighted by atomic mass is 9.97. The van der Waals surface area contributed by atoms with Gasteiger partial charge in [0, 0.05) is 13.1 Å². The van der Waals surface area contributed by atoms with Gasteiger partial charge in [0.15, 0.2) is 0 Å². The predicted octanol–water partition coefficient (Wildman–Crippen LogP) is 3.09. The van der Waals surface area contributed by atoms with Gasteiger partial charge in [0.25, 0.3) is 0 Å². The van der Waals surface area contributed by atoms with E-state index in [9.17, 15) is 4.79 Å². The molecule has 0 spiro atoms. The molecular formula is C18H26N2O. The SMILES string of the molecule is Cc1ccc(CNCC(=O)NCCC2=CCCCC2)cc1. The first-order chi connectivity index (χ1) is 10.2. The maximum atomic E-state index is 11.7. The van der Waals surface area contributed by atoms with Crippen LogP contribution in [0.25, 0.3) is 0 Å². The number of amides is 1. The molecule has 2 N–H and O–H groups in total. The zero-order valence-corrected chi connectivity index (χ0v) is 13.0. The van der Waals surface area contributed by atoms with Crippen molar-refractivity contribution in [2.75, 3.05) is 13.1 Å². The normalized spacial score (nSPS) is 14.6. The Balaban J connectivity index is 1.57. The first kappa shape index (κ1) is 15.8. The second-order valence-electron chi connectivity index (χ2n) is 5.80. The molecule has 2 rings (SSSR count). The molecular weight excluding hydrogens is 260 g/mol. The van der Waals surface area contributed by atoms with Gasteiger partial charge in [-0.05, 0) is 44.6 Å². The van der Waals surface area contributed by atoms with E-state index in [1.807, 2.05) is 0 Å². The first-order valence-corrected chi connectivity index (χ1v) is 7.95. The monoisotopic (exact) mass is 286 g/mol. The topological polar surface area (TPSA) is 41.1 Å². The summed E-state index contributed by atoms with van der Waals surface area (Å²) in [6, 6.07) is 8.37. The van der Waals surface area contributed by atoms with Crippen LogP contribution >= 0.6 is 0 Å². The molecule has 0 atom stereocenters. The summed E-state index contributed by atoms with van der Waals surface area (Å²) in [5, 5.41) is 6.17. The fraction of sp³-hybridized carbons (Fsp3) is 0.500. The maximum Gasteiger partial charge on any atom is 0.233 e. The minimum Gasteiger partial charge on any atom is -0.355 e. The highest BCUT2D eigenvalue weighted by Gasteiger charge is 2.05. The number of rotatable bonds is 7. The van der Waals surface area contributed by atoms with Crippen LogP contribution in [0, 0.1) is 6.92 Å². The van der Waals surface area contributed by atoms with Gasteiger partial charge in [0.1, 0.15) is 0 Å². The Morgan fingerprint density at radius 3 is 2.71 bits per heavy atom. The lowest BCUT2D eigenvalue weighted by molar-refractivity contribution is -0.120. The summed E-state index contributed by atoms with van der Waals surface area (Å²) < 4.78 is 0. The van der Waals surface area contributed by atoms with Crippen LogP contribution in [0.15, 0.2) is 35.9 Å². The fourth-order valence-electron chi connectivity index (χ4n) is 2.58. The lowest BCUT2D eigenvalue weighted by Crippen LogP contribution is -2.34. The molecule has 1 aromatic carbocycles. The molecule has 0 fully saturated rings. The number of benzene rings is 1. The van der Waals surface area contributed by atoms with E-state index in [4.69, 9.17) is 0 Å². The third kappa shape index (κ3) is 6.13. The summed E-state index contributed by atoms with van der Waals surface area (Å²) in [4.78, 5) is 11.7. The molecule has 114 valence electrons. The molecule has 1 amide bonds. The molecule has 0 saturated heterocycles. The highest BCUT2D eigenvalue weighted by molar-refractivity contribution is 5.77. The highest BCUT2D eigenvalue weighted by Crippen LogP contribution is 2.19. The van der Waals surface area contributed by atoms with E-state index in [0.717, 1.165) is 19.5 Å². The average Bonchev–Trinajstić information content (AvgIpc) is 2.50. The fourth-order valence-corrected chi connectivity index (χ4v) is 2.58. The Hall–Kier alpha value is -1.61.